The summed E-state index contributed by atoms with van der Waals surface area (Å²) in [6.07, 6.45) is 0. The fourth-order valence-corrected chi connectivity index (χ4v) is 5.39. The van der Waals surface area contributed by atoms with Crippen LogP contribution in [0.25, 0.3) is 0 Å². The minimum absolute atomic E-state index is 0.0344. The molecule has 0 aromatic heterocycles. The van der Waals surface area contributed by atoms with Crippen molar-refractivity contribution in [3.63, 3.8) is 0 Å². The number of halogens is 2. The van der Waals surface area contributed by atoms with Crippen molar-refractivity contribution in [1.29, 1.82) is 0 Å². The van der Waals surface area contributed by atoms with Gasteiger partial charge in [0, 0.05) is 11.6 Å². The number of hydrogen-bond acceptors (Lipinski definition) is 4. The molecule has 9 heteroatoms. The van der Waals surface area contributed by atoms with Crippen LogP contribution < -0.4 is 10.5 Å². The molecule has 1 unspecified atom stereocenters. The zero-order valence-corrected chi connectivity index (χ0v) is 20.5. The summed E-state index contributed by atoms with van der Waals surface area (Å²) in [4.78, 5) is 12.6. The van der Waals surface area contributed by atoms with Crippen molar-refractivity contribution >= 4 is 27.5 Å². The van der Waals surface area contributed by atoms with Crippen LogP contribution in [0, 0.1) is 5.82 Å². The van der Waals surface area contributed by atoms with Gasteiger partial charge in [0.15, 0.2) is 0 Å². The van der Waals surface area contributed by atoms with Crippen LogP contribution in [0.15, 0.2) is 108 Å². The molecule has 4 rings (SSSR count). The van der Waals surface area contributed by atoms with Crippen LogP contribution in [0.2, 0.25) is 5.02 Å². The molecule has 6 nitrogen and oxygen atoms in total. The summed E-state index contributed by atoms with van der Waals surface area (Å²) in [6.45, 7) is -0.173. The van der Waals surface area contributed by atoms with Gasteiger partial charge in [0.05, 0.1) is 4.90 Å². The van der Waals surface area contributed by atoms with Crippen molar-refractivity contribution in [2.75, 3.05) is 0 Å². The van der Waals surface area contributed by atoms with Gasteiger partial charge in [-0.15, -0.1) is 0 Å². The van der Waals surface area contributed by atoms with Gasteiger partial charge < -0.3 is 10.5 Å². The molecule has 2 N–H and O–H groups in total. The Labute approximate surface area is 213 Å². The van der Waals surface area contributed by atoms with Gasteiger partial charge in [0.2, 0.25) is 15.9 Å². The first-order chi connectivity index (χ1) is 17.2. The first-order valence-electron chi connectivity index (χ1n) is 10.9. The van der Waals surface area contributed by atoms with Crippen LogP contribution in [0.4, 0.5) is 4.39 Å². The van der Waals surface area contributed by atoms with Crippen LogP contribution in [0.3, 0.4) is 0 Å². The first-order valence-corrected chi connectivity index (χ1v) is 12.7. The van der Waals surface area contributed by atoms with E-state index in [9.17, 15) is 17.6 Å². The van der Waals surface area contributed by atoms with Gasteiger partial charge in [0.1, 0.15) is 23.4 Å². The van der Waals surface area contributed by atoms with Gasteiger partial charge >= 0.3 is 0 Å². The lowest BCUT2D eigenvalue weighted by atomic mass is 10.1. The average Bonchev–Trinajstić information content (AvgIpc) is 2.86. The quantitative estimate of drug-likeness (QED) is 0.304. The van der Waals surface area contributed by atoms with Crippen LogP contribution in [0.5, 0.6) is 11.5 Å². The largest absolute Gasteiger partial charge is 0.457 e. The minimum Gasteiger partial charge on any atom is -0.457 e. The summed E-state index contributed by atoms with van der Waals surface area (Å²) >= 11 is 5.96. The number of hydrogen-bond donors (Lipinski definition) is 1. The molecule has 36 heavy (non-hydrogen) atoms. The predicted molar refractivity (Wildman–Crippen MR) is 135 cm³/mol. The lowest BCUT2D eigenvalue weighted by molar-refractivity contribution is -0.122. The van der Waals surface area contributed by atoms with Crippen molar-refractivity contribution in [1.82, 2.24) is 4.31 Å². The summed E-state index contributed by atoms with van der Waals surface area (Å²) in [5, 5.41) is 0.376. The molecule has 0 saturated carbocycles. The molecule has 0 spiro atoms. The fraction of sp³-hybridized carbons (Fsp3) is 0.0741. The number of ether oxygens (including phenoxy) is 1. The van der Waals surface area contributed by atoms with E-state index in [1.165, 1.54) is 48.5 Å². The highest BCUT2D eigenvalue weighted by Gasteiger charge is 2.36. The highest BCUT2D eigenvalue weighted by Crippen LogP contribution is 2.31. The summed E-state index contributed by atoms with van der Waals surface area (Å²) in [7, 11) is -4.19. The van der Waals surface area contributed by atoms with E-state index < -0.39 is 27.8 Å². The molecule has 0 fully saturated rings. The number of primary amides is 1. The summed E-state index contributed by atoms with van der Waals surface area (Å²) in [5.41, 5.74) is 6.73. The monoisotopic (exact) mass is 524 g/mol. The fourth-order valence-electron chi connectivity index (χ4n) is 3.69. The van der Waals surface area contributed by atoms with Gasteiger partial charge in [-0.3, -0.25) is 4.79 Å². The minimum atomic E-state index is -4.19. The normalized spacial score (nSPS) is 12.3. The second-order valence-electron chi connectivity index (χ2n) is 7.92. The number of amides is 1. The van der Waals surface area contributed by atoms with Crippen LogP contribution >= 0.6 is 11.6 Å². The maximum atomic E-state index is 13.8. The molecule has 0 aliphatic carbocycles. The highest BCUT2D eigenvalue weighted by atomic mass is 35.5. The number of nitrogens with zero attached hydrogens (tertiary/aromatic N) is 1. The number of sulfonamides is 1. The zero-order chi connectivity index (χ0) is 25.7. The third-order valence-corrected chi connectivity index (χ3v) is 7.46. The topological polar surface area (TPSA) is 89.7 Å². The molecular weight excluding hydrogens is 503 g/mol. The van der Waals surface area contributed by atoms with E-state index in [0.717, 1.165) is 4.31 Å². The Hall–Kier alpha value is -3.72. The van der Waals surface area contributed by atoms with Crippen molar-refractivity contribution < 1.29 is 22.3 Å². The summed E-state index contributed by atoms with van der Waals surface area (Å²) in [5.74, 6) is -0.383. The summed E-state index contributed by atoms with van der Waals surface area (Å²) < 4.78 is 47.6. The van der Waals surface area contributed by atoms with Gasteiger partial charge in [-0.25, -0.2) is 12.8 Å². The molecule has 0 radical (unpaired) electrons. The van der Waals surface area contributed by atoms with Crippen molar-refractivity contribution in [3.05, 3.63) is 125 Å². The van der Waals surface area contributed by atoms with E-state index in [2.05, 4.69) is 0 Å². The second kappa shape index (κ2) is 10.9. The van der Waals surface area contributed by atoms with Crippen LogP contribution in [-0.4, -0.2) is 18.6 Å². The van der Waals surface area contributed by atoms with Gasteiger partial charge in [-0.05, 0) is 71.8 Å². The summed E-state index contributed by atoms with van der Waals surface area (Å²) in [6, 6.07) is 25.1. The third kappa shape index (κ3) is 5.91. The Morgan fingerprint density at radius 2 is 1.56 bits per heavy atom. The Morgan fingerprint density at radius 1 is 0.889 bits per heavy atom. The van der Waals surface area contributed by atoms with Crippen LogP contribution in [-0.2, 0) is 21.4 Å². The molecule has 1 amide bonds. The molecule has 0 aliphatic rings. The lowest BCUT2D eigenvalue weighted by Crippen LogP contribution is -2.41. The molecule has 0 saturated heterocycles. The van der Waals surface area contributed by atoms with E-state index in [0.29, 0.717) is 27.6 Å². The van der Waals surface area contributed by atoms with Crippen molar-refractivity contribution in [3.8, 4) is 11.5 Å². The molecule has 0 bridgehead atoms. The highest BCUT2D eigenvalue weighted by molar-refractivity contribution is 7.89. The number of rotatable bonds is 9. The van der Waals surface area contributed by atoms with Crippen molar-refractivity contribution in [2.45, 2.75) is 17.5 Å². The van der Waals surface area contributed by atoms with Gasteiger partial charge in [0.25, 0.3) is 0 Å². The predicted octanol–water partition coefficient (Wildman–Crippen LogP) is 5.69. The van der Waals surface area contributed by atoms with Gasteiger partial charge in [-0.1, -0.05) is 54.1 Å². The molecule has 1 atom stereocenters. The number of carbonyl (C=O) groups excluding carboxylic acids is 1. The average molecular weight is 525 g/mol. The second-order valence-corrected chi connectivity index (χ2v) is 10.3. The van der Waals surface area contributed by atoms with E-state index in [4.69, 9.17) is 22.1 Å². The smallest absolute Gasteiger partial charge is 0.244 e. The maximum absolute atomic E-state index is 13.8. The molecule has 4 aromatic carbocycles. The SMILES string of the molecule is NC(=O)C(c1ccccc1)N(Cc1cccc(Oc2ccc(F)cc2)c1)S(=O)(=O)c1ccc(Cl)cc1. The molecule has 0 heterocycles. The Balaban J connectivity index is 1.74. The first kappa shape index (κ1) is 25.4. The Bertz CT molecular complexity index is 1450. The molecular formula is C27H22ClFN2O4S. The van der Waals surface area contributed by atoms with E-state index in [-0.39, 0.29) is 11.4 Å². The van der Waals surface area contributed by atoms with E-state index >= 15 is 0 Å². The molecule has 0 aliphatic heterocycles. The maximum Gasteiger partial charge on any atom is 0.244 e. The van der Waals surface area contributed by atoms with Gasteiger partial charge in [-0.2, -0.15) is 4.31 Å². The molecule has 184 valence electrons. The third-order valence-electron chi connectivity index (χ3n) is 5.38. The number of carbonyl (C=O) groups is 1. The standard InChI is InChI=1S/C27H22ClFN2O4S/c28-21-9-15-25(16-10-21)36(33,34)31(26(27(30)32)20-6-2-1-3-7-20)18-19-5-4-8-24(17-19)35-23-13-11-22(29)12-14-23/h1-17,26H,18H2,(H2,30,32). The van der Waals surface area contributed by atoms with Crippen molar-refractivity contribution in [2.24, 2.45) is 5.73 Å². The number of nitrogens with two attached hydrogens (primary N) is 1. The lowest BCUT2D eigenvalue weighted by Gasteiger charge is -2.29. The molecule has 4 aromatic rings. The Kier molecular flexibility index (Phi) is 7.69. The van der Waals surface area contributed by atoms with E-state index in [1.54, 1.807) is 54.6 Å². The number of benzene rings is 4. The Morgan fingerprint density at radius 3 is 2.19 bits per heavy atom. The van der Waals surface area contributed by atoms with Crippen LogP contribution in [0.1, 0.15) is 17.2 Å². The van der Waals surface area contributed by atoms with E-state index in [1.807, 2.05) is 0 Å². The zero-order valence-electron chi connectivity index (χ0n) is 18.9.